The molecule has 1 aromatic heterocycles. The average molecular weight is 293 g/mol. The minimum Gasteiger partial charge on any atom is -0.530 e. The van der Waals surface area contributed by atoms with Gasteiger partial charge in [-0.3, -0.25) is 4.79 Å². The van der Waals surface area contributed by atoms with E-state index in [1.165, 1.54) is 0 Å². The number of hydrogen-bond acceptors (Lipinski definition) is 3. The highest BCUT2D eigenvalue weighted by atomic mass is 16.4. The molecule has 110 valence electrons. The van der Waals surface area contributed by atoms with Gasteiger partial charge in [0.15, 0.2) is 6.29 Å². The monoisotopic (exact) mass is 293 g/mol. The van der Waals surface area contributed by atoms with Crippen molar-refractivity contribution < 1.29 is 14.7 Å². The molecule has 0 aliphatic rings. The van der Waals surface area contributed by atoms with Gasteiger partial charge < -0.3 is 19.8 Å². The Labute approximate surface area is 126 Å². The lowest BCUT2D eigenvalue weighted by Crippen LogP contribution is -2.40. The molecule has 0 bridgehead atoms. The van der Waals surface area contributed by atoms with Crippen LogP contribution >= 0.6 is 0 Å². The second-order valence-corrected chi connectivity index (χ2v) is 4.93. The van der Waals surface area contributed by atoms with E-state index >= 15 is 0 Å². The van der Waals surface area contributed by atoms with Crippen LogP contribution in [-0.2, 0) is 6.54 Å². The summed E-state index contributed by atoms with van der Waals surface area (Å²) in [5, 5.41) is 12.2. The lowest BCUT2D eigenvalue weighted by atomic mass is 10.1. The second-order valence-electron chi connectivity index (χ2n) is 4.93. The quantitative estimate of drug-likeness (QED) is 0.750. The van der Waals surface area contributed by atoms with Gasteiger partial charge in [-0.2, -0.15) is 0 Å². The molecule has 0 radical (unpaired) electrons. The smallest absolute Gasteiger partial charge is 0.152 e. The van der Waals surface area contributed by atoms with Crippen LogP contribution in [0, 0.1) is 0 Å². The Morgan fingerprint density at radius 2 is 1.95 bits per heavy atom. The molecule has 0 aliphatic carbocycles. The molecule has 0 spiro atoms. The first-order chi connectivity index (χ1) is 10.7. The minimum absolute atomic E-state index is 0.190. The number of H-pyrrole nitrogens is 1. The number of aldehydes is 1. The number of benzene rings is 2. The second kappa shape index (κ2) is 5.73. The fraction of sp³-hybridized carbons (Fsp3) is 0.0588. The first kappa shape index (κ1) is 13.9. The summed E-state index contributed by atoms with van der Waals surface area (Å²) in [7, 11) is 0. The van der Waals surface area contributed by atoms with Gasteiger partial charge in [-0.15, -0.1) is 0 Å². The van der Waals surface area contributed by atoms with Crippen LogP contribution in [0.3, 0.4) is 0 Å². The van der Waals surface area contributed by atoms with Crippen LogP contribution in [0.2, 0.25) is 0 Å². The summed E-state index contributed by atoms with van der Waals surface area (Å²) < 4.78 is 0. The third-order valence-electron chi connectivity index (χ3n) is 3.54. The molecule has 3 rings (SSSR count). The maximum Gasteiger partial charge on any atom is 0.152 e. The molecule has 2 aromatic carbocycles. The summed E-state index contributed by atoms with van der Waals surface area (Å²) in [6.07, 6.45) is 1.05. The molecule has 1 N–H and O–H groups in total. The number of carbonyl (C=O) groups is 2. The van der Waals surface area contributed by atoms with E-state index in [1.807, 2.05) is 30.3 Å². The number of aromatic nitrogens is 1. The lowest BCUT2D eigenvalue weighted by molar-refractivity contribution is -0.246. The number of anilines is 1. The number of fused-ring (bicyclic) bond motifs is 1. The van der Waals surface area contributed by atoms with Gasteiger partial charge in [-0.25, -0.2) is 0 Å². The molecule has 5 heteroatoms. The number of carbonyl (C=O) groups excluding carboxylic acids is 2. The van der Waals surface area contributed by atoms with Crippen LogP contribution in [0.25, 0.3) is 10.9 Å². The van der Waals surface area contributed by atoms with Crippen molar-refractivity contribution in [1.29, 1.82) is 0 Å². The van der Waals surface area contributed by atoms with E-state index in [-0.39, 0.29) is 6.54 Å². The summed E-state index contributed by atoms with van der Waals surface area (Å²) in [4.78, 5) is 26.6. The molecule has 0 atom stereocenters. The van der Waals surface area contributed by atoms with Gasteiger partial charge in [-0.05, 0) is 23.8 Å². The Morgan fingerprint density at radius 1 is 1.18 bits per heavy atom. The zero-order chi connectivity index (χ0) is 15.5. The van der Waals surface area contributed by atoms with Crippen LogP contribution in [0.5, 0.6) is 0 Å². The number of rotatable bonds is 4. The zero-order valence-corrected chi connectivity index (χ0v) is 11.7. The zero-order valence-electron chi connectivity index (χ0n) is 11.7. The van der Waals surface area contributed by atoms with Crippen molar-refractivity contribution in [1.82, 2.24) is 4.98 Å². The molecule has 0 unspecified atom stereocenters. The Hall–Kier alpha value is -3.08. The van der Waals surface area contributed by atoms with Gasteiger partial charge in [0.1, 0.15) is 6.09 Å². The Kier molecular flexibility index (Phi) is 3.62. The van der Waals surface area contributed by atoms with Crippen LogP contribution < -0.4 is 10.0 Å². The van der Waals surface area contributed by atoms with Crippen LogP contribution in [0.15, 0.2) is 54.7 Å². The van der Waals surface area contributed by atoms with E-state index in [9.17, 15) is 14.7 Å². The predicted octanol–water partition coefficient (Wildman–Crippen LogP) is 2.33. The first-order valence-electron chi connectivity index (χ1n) is 6.78. The number of aromatic amines is 1. The van der Waals surface area contributed by atoms with E-state index in [0.717, 1.165) is 22.3 Å². The molecule has 0 saturated carbocycles. The molecular formula is C17H13N2O3-. The molecule has 1 amide bonds. The largest absolute Gasteiger partial charge is 0.530 e. The van der Waals surface area contributed by atoms with Gasteiger partial charge in [0.25, 0.3) is 0 Å². The highest BCUT2D eigenvalue weighted by Gasteiger charge is 2.11. The normalized spacial score (nSPS) is 10.5. The van der Waals surface area contributed by atoms with E-state index in [4.69, 9.17) is 0 Å². The molecule has 0 fully saturated rings. The SMILES string of the molecule is O=Cc1c[nH]c2ccc(N(Cc3ccccc3)C(=O)[O-])cc12. The van der Waals surface area contributed by atoms with Crippen molar-refractivity contribution >= 4 is 29.0 Å². The standard InChI is InChI=1S/C17H14N2O3/c20-11-13-9-18-16-7-6-14(8-15(13)16)19(17(21)22)10-12-4-2-1-3-5-12/h1-9,11,18H,10H2,(H,21,22)/p-1. The first-order valence-corrected chi connectivity index (χ1v) is 6.78. The topological polar surface area (TPSA) is 76.2 Å². The number of carboxylic acid groups (broad SMARTS) is 1. The Balaban J connectivity index is 2.01. The van der Waals surface area contributed by atoms with E-state index < -0.39 is 6.09 Å². The molecule has 0 aliphatic heterocycles. The summed E-state index contributed by atoms with van der Waals surface area (Å²) in [5.74, 6) is 0. The lowest BCUT2D eigenvalue weighted by Gasteiger charge is -2.25. The van der Waals surface area contributed by atoms with Gasteiger partial charge in [0, 0.05) is 34.9 Å². The molecule has 22 heavy (non-hydrogen) atoms. The van der Waals surface area contributed by atoms with Crippen LogP contribution in [0.4, 0.5) is 10.5 Å². The molecular weight excluding hydrogens is 280 g/mol. The Morgan fingerprint density at radius 3 is 2.64 bits per heavy atom. The third kappa shape index (κ3) is 2.56. The van der Waals surface area contributed by atoms with E-state index in [2.05, 4.69) is 4.98 Å². The van der Waals surface area contributed by atoms with Gasteiger partial charge in [-0.1, -0.05) is 30.3 Å². The van der Waals surface area contributed by atoms with Crippen molar-refractivity contribution in [3.8, 4) is 0 Å². The Bertz CT molecular complexity index is 824. The number of hydrogen-bond donors (Lipinski definition) is 1. The van der Waals surface area contributed by atoms with Crippen molar-refractivity contribution in [2.75, 3.05) is 4.90 Å². The van der Waals surface area contributed by atoms with E-state index in [1.54, 1.807) is 24.4 Å². The van der Waals surface area contributed by atoms with Crippen molar-refractivity contribution in [3.05, 3.63) is 65.9 Å². The molecule has 0 saturated heterocycles. The van der Waals surface area contributed by atoms with Crippen LogP contribution in [-0.4, -0.2) is 17.4 Å². The van der Waals surface area contributed by atoms with Crippen molar-refractivity contribution in [3.63, 3.8) is 0 Å². The van der Waals surface area contributed by atoms with Crippen LogP contribution in [0.1, 0.15) is 15.9 Å². The van der Waals surface area contributed by atoms with Crippen molar-refractivity contribution in [2.45, 2.75) is 6.54 Å². The summed E-state index contributed by atoms with van der Waals surface area (Å²) in [6, 6.07) is 14.4. The molecule has 3 aromatic rings. The van der Waals surface area contributed by atoms with Gasteiger partial charge in [0.2, 0.25) is 0 Å². The van der Waals surface area contributed by atoms with Crippen molar-refractivity contribution in [2.24, 2.45) is 0 Å². The molecule has 5 nitrogen and oxygen atoms in total. The maximum absolute atomic E-state index is 11.5. The minimum atomic E-state index is -1.29. The third-order valence-corrected chi connectivity index (χ3v) is 3.54. The predicted molar refractivity (Wildman–Crippen MR) is 81.7 cm³/mol. The maximum atomic E-state index is 11.5. The summed E-state index contributed by atoms with van der Waals surface area (Å²) in [6.45, 7) is 0.190. The highest BCUT2D eigenvalue weighted by molar-refractivity contribution is 6.00. The fourth-order valence-electron chi connectivity index (χ4n) is 2.42. The number of nitrogens with zero attached hydrogens (tertiary/aromatic N) is 1. The average Bonchev–Trinajstić information content (AvgIpc) is 2.95. The summed E-state index contributed by atoms with van der Waals surface area (Å²) >= 11 is 0. The number of nitrogens with one attached hydrogen (secondary N) is 1. The number of amides is 1. The molecule has 1 heterocycles. The van der Waals surface area contributed by atoms with E-state index in [0.29, 0.717) is 16.6 Å². The highest BCUT2D eigenvalue weighted by Crippen LogP contribution is 2.25. The van der Waals surface area contributed by atoms with Gasteiger partial charge >= 0.3 is 0 Å². The fourth-order valence-corrected chi connectivity index (χ4v) is 2.42. The van der Waals surface area contributed by atoms with Gasteiger partial charge in [0.05, 0.1) is 0 Å². The summed E-state index contributed by atoms with van der Waals surface area (Å²) in [5.41, 5.74) is 2.61.